The van der Waals surface area contributed by atoms with Crippen molar-refractivity contribution in [1.29, 1.82) is 0 Å². The Labute approximate surface area is 489 Å². The Hall–Kier alpha value is -1.10. The first-order valence-electron chi connectivity index (χ1n) is 19.3. The van der Waals surface area contributed by atoms with E-state index in [1.807, 2.05) is 0 Å². The summed E-state index contributed by atoms with van der Waals surface area (Å²) in [6.07, 6.45) is -17.2. The molecular weight excluding hydrogens is 1080 g/mol. The molecule has 3 saturated heterocycles. The van der Waals surface area contributed by atoms with Crippen LogP contribution in [-0.4, -0.2) is 154 Å². The molecule has 35 nitrogen and oxygen atoms in total. The van der Waals surface area contributed by atoms with Crippen LogP contribution >= 0.6 is 23.5 Å². The van der Waals surface area contributed by atoms with Gasteiger partial charge in [-0.2, -0.15) is 4.98 Å². The van der Waals surface area contributed by atoms with Gasteiger partial charge in [0.05, 0.1) is 46.6 Å². The SMILES string of the molecule is Nc1nc2c(ncn2[C@@H]2O[C@H](COP(=O)([O-])O[C@H]3[C@@H](O)[C@H](n4cnc5c(N)ncnc54)O[C@@H]3CO)[C@@H](OP(=O)([O-])OC[C@H]3O[C@@H](n4cnc5c(N)ncnc54)[C@H](O)[C@@H]3OP(=O)([O-])[O-])[C@H]2O)c(=O)[nH]1.[Na+].[Na+].[Na+].[Na+]. The molecule has 0 saturated carbocycles. The molecule has 9 heterocycles. The molecule has 11 N–H and O–H groups in total. The Morgan fingerprint density at radius 1 is 0.597 bits per heavy atom. The van der Waals surface area contributed by atoms with Gasteiger partial charge in [-0.05, 0) is 0 Å². The van der Waals surface area contributed by atoms with Gasteiger partial charge in [-0.1, -0.05) is 0 Å². The van der Waals surface area contributed by atoms with Gasteiger partial charge in [-0.25, -0.2) is 34.9 Å². The van der Waals surface area contributed by atoms with Crippen molar-refractivity contribution in [2.75, 3.05) is 37.0 Å². The summed E-state index contributed by atoms with van der Waals surface area (Å²) in [4.78, 5) is 96.8. The van der Waals surface area contributed by atoms with E-state index in [1.54, 1.807) is 0 Å². The minimum atomic E-state index is -5.93. The van der Waals surface area contributed by atoms with Crippen molar-refractivity contribution in [1.82, 2.24) is 58.6 Å². The summed E-state index contributed by atoms with van der Waals surface area (Å²) in [5.41, 5.74) is 16.0. The smallest absolute Gasteiger partial charge is 0.790 e. The van der Waals surface area contributed by atoms with E-state index in [1.165, 1.54) is 4.57 Å². The van der Waals surface area contributed by atoms with E-state index < -0.39 is 128 Å². The molecule has 0 bridgehead atoms. The van der Waals surface area contributed by atoms with Crippen molar-refractivity contribution in [3.05, 3.63) is 42.0 Å². The van der Waals surface area contributed by atoms with Crippen LogP contribution in [0.2, 0.25) is 0 Å². The van der Waals surface area contributed by atoms with Crippen molar-refractivity contribution >= 4 is 74.5 Å². The van der Waals surface area contributed by atoms with Gasteiger partial charge in [0, 0.05) is 0 Å². The Kier molecular flexibility index (Phi) is 20.8. The third-order valence-electron chi connectivity index (χ3n) is 10.7. The number of anilines is 3. The molecule has 0 spiro atoms. The number of nitrogens with two attached hydrogens (primary N) is 3. The molecule has 0 radical (unpaired) electrons. The quantitative estimate of drug-likeness (QED) is 0.0329. The number of fused-ring (bicyclic) bond motifs is 3. The van der Waals surface area contributed by atoms with E-state index in [0.29, 0.717) is 0 Å². The number of H-pyrrole nitrogens is 1. The third-order valence-corrected chi connectivity index (χ3v) is 13.1. The summed E-state index contributed by atoms with van der Waals surface area (Å²) in [5.74, 6) is -0.541. The van der Waals surface area contributed by atoms with E-state index in [-0.39, 0.29) is 163 Å². The maximum Gasteiger partial charge on any atom is 1.00 e. The van der Waals surface area contributed by atoms with Crippen molar-refractivity contribution in [2.45, 2.75) is 73.6 Å². The minimum absolute atomic E-state index is 0. The third kappa shape index (κ3) is 12.6. The molecule has 0 amide bonds. The van der Waals surface area contributed by atoms with Gasteiger partial charge in [0.15, 0.2) is 52.8 Å². The summed E-state index contributed by atoms with van der Waals surface area (Å²) >= 11 is 0. The first-order valence-corrected chi connectivity index (χ1v) is 23.7. The number of hydrogen-bond donors (Lipinski definition) is 8. The fourth-order valence-electron chi connectivity index (χ4n) is 7.73. The monoisotopic (exact) mass is 1110 g/mol. The number of aromatic nitrogens is 12. The number of ether oxygens (including phenoxy) is 3. The number of aromatic amines is 1. The number of nitrogen functional groups attached to an aromatic ring is 3. The number of hydrogen-bond acceptors (Lipinski definition) is 31. The van der Waals surface area contributed by atoms with Crippen molar-refractivity contribution in [2.24, 2.45) is 0 Å². The predicted octanol–water partition coefficient (Wildman–Crippen LogP) is -18.7. The van der Waals surface area contributed by atoms with Crippen LogP contribution in [0.1, 0.15) is 18.7 Å². The molecule has 42 heteroatoms. The van der Waals surface area contributed by atoms with Gasteiger partial charge in [0.1, 0.15) is 78.6 Å². The molecule has 6 aromatic heterocycles. The Morgan fingerprint density at radius 3 is 1.42 bits per heavy atom. The topological polar surface area (TPSA) is 527 Å². The zero-order chi connectivity index (χ0) is 48.6. The molecule has 0 aromatic carbocycles. The second kappa shape index (κ2) is 24.3. The van der Waals surface area contributed by atoms with Crippen molar-refractivity contribution < 1.29 is 209 Å². The Morgan fingerprint density at radius 2 is 0.986 bits per heavy atom. The Balaban J connectivity index is 0.00000241. The van der Waals surface area contributed by atoms with Crippen LogP contribution in [0, 0.1) is 0 Å². The molecule has 14 atom stereocenters. The number of aliphatic hydroxyl groups is 4. The van der Waals surface area contributed by atoms with Crippen LogP contribution in [-0.2, 0) is 50.5 Å². The molecule has 2 unspecified atom stereocenters. The molecule has 9 rings (SSSR count). The summed E-state index contributed by atoms with van der Waals surface area (Å²) in [6.45, 7) is -3.37. The molecule has 6 aromatic rings. The fraction of sp³-hybridized carbons (Fsp3) is 0.500. The van der Waals surface area contributed by atoms with Crippen LogP contribution in [0.15, 0.2) is 36.4 Å². The maximum atomic E-state index is 13.6. The molecule has 0 aliphatic carbocycles. The fourth-order valence-corrected chi connectivity index (χ4v) is 10.2. The van der Waals surface area contributed by atoms with Gasteiger partial charge >= 0.3 is 118 Å². The zero-order valence-corrected chi connectivity index (χ0v) is 48.4. The summed E-state index contributed by atoms with van der Waals surface area (Å²) in [7, 11) is -17.5. The summed E-state index contributed by atoms with van der Waals surface area (Å²) in [5, 5.41) is 43.9. The van der Waals surface area contributed by atoms with Crippen LogP contribution in [0.25, 0.3) is 33.5 Å². The van der Waals surface area contributed by atoms with E-state index >= 15 is 0 Å². The zero-order valence-electron chi connectivity index (χ0n) is 37.8. The number of rotatable bonds is 16. The van der Waals surface area contributed by atoms with Gasteiger partial charge in [0.25, 0.3) is 21.2 Å². The summed E-state index contributed by atoms with van der Waals surface area (Å²) in [6, 6.07) is 0. The number of aliphatic hydroxyl groups excluding tert-OH is 4. The average Bonchev–Trinajstić information content (AvgIpc) is 4.13. The average molecular weight is 1110 g/mol. The number of phosphoric ester groups is 3. The van der Waals surface area contributed by atoms with Crippen LogP contribution < -0.4 is 161 Å². The molecule has 3 aliphatic heterocycles. The Bertz CT molecular complexity index is 3080. The number of nitrogens with zero attached hydrogens (tertiary/aromatic N) is 11. The van der Waals surface area contributed by atoms with Crippen molar-refractivity contribution in [3.63, 3.8) is 0 Å². The second-order valence-corrected chi connectivity index (χ2v) is 18.8. The van der Waals surface area contributed by atoms with Gasteiger partial charge < -0.3 is 98.6 Å². The van der Waals surface area contributed by atoms with Crippen LogP contribution in [0.3, 0.4) is 0 Å². The normalized spacial score (nSPS) is 29.0. The second-order valence-electron chi connectivity index (χ2n) is 14.9. The van der Waals surface area contributed by atoms with E-state index in [0.717, 1.165) is 40.8 Å². The standard InChI is InChI=1S/C30H38N15O20P3.4Na/c31-21-12-23(36-4-34-21)43(6-38-12)27-15(47)18(9(1-46)60-27)64-67(54,55)59-3-11-20(17(49)29(62-11)45-8-40-14-25(45)41-30(33)42-26(14)50)65-68(56,57)58-2-10-19(63-66(51,52)53)16(48)28(61-10)44-7-39-13-22(32)35-5-37-24(13)44;;;;/h4-11,15-20,27-29,46-49H,1-3H2,(H,54,55)(H,56,57)(H2,31,34,36)(H2,32,35,37)(H2,51,52,53)(H3,33,41,42,50);;;;/q;4*+1/p-4/t9-,10-,11-,15-,16-,17-,18-,19-,20-,27-,28-,29-;;;;/m1..../s1. The molecule has 3 fully saturated rings. The van der Waals surface area contributed by atoms with Crippen LogP contribution in [0.5, 0.6) is 0 Å². The van der Waals surface area contributed by atoms with Crippen molar-refractivity contribution in [3.8, 4) is 0 Å². The van der Waals surface area contributed by atoms with E-state index in [2.05, 4.69) is 49.4 Å². The first-order chi connectivity index (χ1) is 32.1. The number of imidazole rings is 3. The predicted molar refractivity (Wildman–Crippen MR) is 208 cm³/mol. The maximum absolute atomic E-state index is 13.6. The van der Waals surface area contributed by atoms with Gasteiger partial charge in [-0.3, -0.25) is 32.6 Å². The molecular formula is C30H34N15Na4O20P3. The number of nitrogens with one attached hydrogen (secondary N) is 1. The molecule has 368 valence electrons. The molecule has 3 aliphatic rings. The number of phosphoric acid groups is 3. The van der Waals surface area contributed by atoms with E-state index in [4.69, 9.17) is 49.5 Å². The van der Waals surface area contributed by atoms with Gasteiger partial charge in [0.2, 0.25) is 5.95 Å². The van der Waals surface area contributed by atoms with E-state index in [9.17, 15) is 58.5 Å². The van der Waals surface area contributed by atoms with Crippen LogP contribution in [0.4, 0.5) is 17.6 Å². The first kappa shape index (κ1) is 61.7. The van der Waals surface area contributed by atoms with Gasteiger partial charge in [-0.15, -0.1) is 0 Å². The molecule has 72 heavy (non-hydrogen) atoms. The summed E-state index contributed by atoms with van der Waals surface area (Å²) < 4.78 is 83.9. The largest absolute Gasteiger partial charge is 1.00 e. The minimum Gasteiger partial charge on any atom is -0.790 e.